The second-order valence-electron chi connectivity index (χ2n) is 6.85. The molecule has 29 heavy (non-hydrogen) atoms. The van der Waals surface area contributed by atoms with Crippen molar-refractivity contribution in [2.75, 3.05) is 50.1 Å². The molecule has 0 aromatic heterocycles. The third kappa shape index (κ3) is 5.56. The molecule has 1 amide bonds. The second-order valence-corrected chi connectivity index (χ2v) is 6.85. The minimum atomic E-state index is -4.41. The van der Waals surface area contributed by atoms with Gasteiger partial charge in [-0.05, 0) is 48.9 Å². The monoisotopic (exact) mass is 407 g/mol. The van der Waals surface area contributed by atoms with Gasteiger partial charge >= 0.3 is 6.18 Å². The lowest BCUT2D eigenvalue weighted by Gasteiger charge is -2.24. The van der Waals surface area contributed by atoms with Crippen molar-refractivity contribution in [3.63, 3.8) is 0 Å². The van der Waals surface area contributed by atoms with Gasteiger partial charge in [0, 0.05) is 37.6 Å². The van der Waals surface area contributed by atoms with E-state index in [0.29, 0.717) is 19.6 Å². The zero-order chi connectivity index (χ0) is 20.9. The van der Waals surface area contributed by atoms with E-state index in [-0.39, 0.29) is 18.1 Å². The van der Waals surface area contributed by atoms with Crippen molar-refractivity contribution in [1.82, 2.24) is 4.90 Å². The Bertz CT molecular complexity index is 825. The fourth-order valence-electron chi connectivity index (χ4n) is 3.31. The molecule has 5 nitrogen and oxygen atoms in total. The molecule has 1 N–H and O–H groups in total. The van der Waals surface area contributed by atoms with Crippen LogP contribution in [0.2, 0.25) is 0 Å². The maximum Gasteiger partial charge on any atom is 0.416 e. The average Bonchev–Trinajstić information content (AvgIpc) is 2.98. The van der Waals surface area contributed by atoms with Crippen molar-refractivity contribution < 1.29 is 22.7 Å². The van der Waals surface area contributed by atoms with Crippen LogP contribution in [0.25, 0.3) is 0 Å². The van der Waals surface area contributed by atoms with Gasteiger partial charge in [-0.3, -0.25) is 4.79 Å². The molecule has 2 aromatic carbocycles. The molecule has 0 saturated carbocycles. The van der Waals surface area contributed by atoms with Crippen LogP contribution >= 0.6 is 0 Å². The summed E-state index contributed by atoms with van der Waals surface area (Å²) in [7, 11) is 1.62. The topological polar surface area (TPSA) is 44.8 Å². The number of hydrogen-bond donors (Lipinski definition) is 1. The number of alkyl halides is 3. The summed E-state index contributed by atoms with van der Waals surface area (Å²) in [4.78, 5) is 16.5. The Kier molecular flexibility index (Phi) is 6.51. The van der Waals surface area contributed by atoms with Crippen LogP contribution in [0, 0.1) is 0 Å². The fraction of sp³-hybridized carbons (Fsp3) is 0.381. The molecular weight excluding hydrogens is 383 g/mol. The maximum atomic E-state index is 12.8. The van der Waals surface area contributed by atoms with Crippen LogP contribution in [-0.2, 0) is 11.0 Å². The lowest BCUT2D eigenvalue weighted by Crippen LogP contribution is -2.38. The van der Waals surface area contributed by atoms with E-state index < -0.39 is 11.7 Å². The Balaban J connectivity index is 1.54. The highest BCUT2D eigenvalue weighted by Crippen LogP contribution is 2.30. The van der Waals surface area contributed by atoms with Crippen LogP contribution in [0.4, 0.5) is 24.5 Å². The van der Waals surface area contributed by atoms with Crippen LogP contribution in [0.5, 0.6) is 5.75 Å². The minimum absolute atomic E-state index is 0.0379. The normalized spacial score (nSPS) is 15.0. The number of anilines is 2. The highest BCUT2D eigenvalue weighted by molar-refractivity contribution is 5.81. The lowest BCUT2D eigenvalue weighted by molar-refractivity contribution is -0.137. The van der Waals surface area contributed by atoms with E-state index in [1.807, 2.05) is 24.3 Å². The standard InChI is InChI=1S/C21H24F3N3O2/c1-29-19-8-6-18(7-9-19)26-10-3-11-27(13-12-26)20(28)15-25-17-5-2-4-16(14-17)21(22,23)24/h2,4-9,14,25H,3,10-13,15H2,1H3. The van der Waals surface area contributed by atoms with Gasteiger partial charge in [0.15, 0.2) is 0 Å². The van der Waals surface area contributed by atoms with E-state index in [1.165, 1.54) is 12.1 Å². The molecule has 0 aliphatic carbocycles. The highest BCUT2D eigenvalue weighted by Gasteiger charge is 2.30. The van der Waals surface area contributed by atoms with Crippen molar-refractivity contribution in [1.29, 1.82) is 0 Å². The number of carbonyl (C=O) groups excluding carboxylic acids is 1. The Morgan fingerprint density at radius 1 is 1.07 bits per heavy atom. The van der Waals surface area contributed by atoms with E-state index in [9.17, 15) is 18.0 Å². The number of halogens is 3. The third-order valence-corrected chi connectivity index (χ3v) is 4.92. The van der Waals surface area contributed by atoms with Crippen molar-refractivity contribution >= 4 is 17.3 Å². The summed E-state index contributed by atoms with van der Waals surface area (Å²) in [5, 5.41) is 2.81. The molecule has 156 valence electrons. The van der Waals surface area contributed by atoms with E-state index in [4.69, 9.17) is 4.74 Å². The first-order valence-corrected chi connectivity index (χ1v) is 9.45. The van der Waals surface area contributed by atoms with Gasteiger partial charge in [-0.15, -0.1) is 0 Å². The SMILES string of the molecule is COc1ccc(N2CCCN(C(=O)CNc3cccc(C(F)(F)F)c3)CC2)cc1. The Labute approximate surface area is 168 Å². The summed E-state index contributed by atoms with van der Waals surface area (Å²) in [6.07, 6.45) is -3.58. The van der Waals surface area contributed by atoms with Gasteiger partial charge < -0.3 is 19.9 Å². The van der Waals surface area contributed by atoms with Gasteiger partial charge in [-0.1, -0.05) is 6.07 Å². The highest BCUT2D eigenvalue weighted by atomic mass is 19.4. The zero-order valence-corrected chi connectivity index (χ0v) is 16.2. The van der Waals surface area contributed by atoms with Crippen LogP contribution in [0.3, 0.4) is 0 Å². The average molecular weight is 407 g/mol. The van der Waals surface area contributed by atoms with Crippen molar-refractivity contribution in [2.24, 2.45) is 0 Å². The summed E-state index contributed by atoms with van der Waals surface area (Å²) >= 11 is 0. The summed E-state index contributed by atoms with van der Waals surface area (Å²) in [6, 6.07) is 12.7. The first kappa shape index (κ1) is 20.8. The largest absolute Gasteiger partial charge is 0.497 e. The molecule has 8 heteroatoms. The number of benzene rings is 2. The van der Waals surface area contributed by atoms with Crippen LogP contribution in [0.1, 0.15) is 12.0 Å². The molecule has 1 aliphatic rings. The summed E-state index contributed by atoms with van der Waals surface area (Å²) in [5.74, 6) is 0.667. The number of nitrogens with zero attached hydrogens (tertiary/aromatic N) is 2. The molecule has 2 aromatic rings. The number of rotatable bonds is 5. The predicted molar refractivity (Wildman–Crippen MR) is 106 cm³/mol. The molecule has 0 unspecified atom stereocenters. The number of carbonyl (C=O) groups is 1. The number of nitrogens with one attached hydrogen (secondary N) is 1. The number of methoxy groups -OCH3 is 1. The summed E-state index contributed by atoms with van der Waals surface area (Å²) in [5.41, 5.74) is 0.616. The van der Waals surface area contributed by atoms with Crippen molar-refractivity contribution in [3.05, 3.63) is 54.1 Å². The summed E-state index contributed by atoms with van der Waals surface area (Å²) < 4.78 is 43.6. The minimum Gasteiger partial charge on any atom is -0.497 e. The first-order valence-electron chi connectivity index (χ1n) is 9.45. The molecular formula is C21H24F3N3O2. The van der Waals surface area contributed by atoms with Crippen molar-refractivity contribution in [3.8, 4) is 5.75 Å². The quantitative estimate of drug-likeness (QED) is 0.818. The van der Waals surface area contributed by atoms with Gasteiger partial charge in [0.25, 0.3) is 0 Å². The summed E-state index contributed by atoms with van der Waals surface area (Å²) in [6.45, 7) is 2.67. The Hall–Kier alpha value is -2.90. The van der Waals surface area contributed by atoms with E-state index in [0.717, 1.165) is 36.5 Å². The third-order valence-electron chi connectivity index (χ3n) is 4.92. The molecule has 0 bridgehead atoms. The van der Waals surface area contributed by atoms with Gasteiger partial charge in [0.05, 0.1) is 19.2 Å². The number of hydrogen-bond acceptors (Lipinski definition) is 4. The molecule has 0 spiro atoms. The first-order chi connectivity index (χ1) is 13.9. The van der Waals surface area contributed by atoms with Crippen LogP contribution in [0.15, 0.2) is 48.5 Å². The van der Waals surface area contributed by atoms with Crippen LogP contribution in [-0.4, -0.2) is 50.6 Å². The predicted octanol–water partition coefficient (Wildman–Crippen LogP) is 3.86. The zero-order valence-electron chi connectivity index (χ0n) is 16.2. The maximum absolute atomic E-state index is 12.8. The molecule has 1 heterocycles. The fourth-order valence-corrected chi connectivity index (χ4v) is 3.31. The molecule has 1 aliphatic heterocycles. The van der Waals surface area contributed by atoms with E-state index in [1.54, 1.807) is 12.0 Å². The molecule has 1 saturated heterocycles. The molecule has 0 atom stereocenters. The Morgan fingerprint density at radius 2 is 1.83 bits per heavy atom. The smallest absolute Gasteiger partial charge is 0.416 e. The van der Waals surface area contributed by atoms with Gasteiger partial charge in [-0.2, -0.15) is 13.2 Å². The molecule has 3 rings (SSSR count). The number of amides is 1. The van der Waals surface area contributed by atoms with E-state index in [2.05, 4.69) is 10.2 Å². The molecule has 1 fully saturated rings. The second kappa shape index (κ2) is 9.07. The lowest BCUT2D eigenvalue weighted by atomic mass is 10.2. The number of ether oxygens (including phenoxy) is 1. The van der Waals surface area contributed by atoms with E-state index >= 15 is 0 Å². The van der Waals surface area contributed by atoms with Crippen LogP contribution < -0.4 is 15.0 Å². The van der Waals surface area contributed by atoms with Crippen molar-refractivity contribution in [2.45, 2.75) is 12.6 Å². The van der Waals surface area contributed by atoms with Gasteiger partial charge in [0.1, 0.15) is 5.75 Å². The molecule has 0 radical (unpaired) electrons. The van der Waals surface area contributed by atoms with Gasteiger partial charge in [-0.25, -0.2) is 0 Å². The Morgan fingerprint density at radius 3 is 2.52 bits per heavy atom. The van der Waals surface area contributed by atoms with Gasteiger partial charge in [0.2, 0.25) is 5.91 Å².